The molecule has 0 saturated carbocycles. The van der Waals surface area contributed by atoms with Crippen molar-refractivity contribution < 1.29 is 27.9 Å². The van der Waals surface area contributed by atoms with Crippen molar-refractivity contribution >= 4 is 27.7 Å². The van der Waals surface area contributed by atoms with Gasteiger partial charge in [-0.2, -0.15) is 0 Å². The number of carboxylic acids is 1. The predicted molar refractivity (Wildman–Crippen MR) is 71.9 cm³/mol. The lowest BCUT2D eigenvalue weighted by molar-refractivity contribution is -0.138. The summed E-state index contributed by atoms with van der Waals surface area (Å²) in [6, 6.07) is -1.43. The highest BCUT2D eigenvalue weighted by atomic mass is 32.2. The summed E-state index contributed by atoms with van der Waals surface area (Å²) in [6.07, 6.45) is 0.779. The summed E-state index contributed by atoms with van der Waals surface area (Å²) in [5.41, 5.74) is 0. The summed E-state index contributed by atoms with van der Waals surface area (Å²) in [6.45, 7) is 3.08. The second-order valence-electron chi connectivity index (χ2n) is 4.92. The van der Waals surface area contributed by atoms with Crippen molar-refractivity contribution in [2.75, 3.05) is 12.0 Å². The Balaban J connectivity index is 4.14. The van der Waals surface area contributed by atoms with E-state index in [1.807, 2.05) is 5.32 Å². The van der Waals surface area contributed by atoms with E-state index < -0.39 is 39.7 Å². The molecule has 0 aliphatic heterocycles. The second kappa shape index (κ2) is 7.83. The molecule has 0 fully saturated rings. The normalized spacial score (nSPS) is 14.2. The van der Waals surface area contributed by atoms with E-state index in [4.69, 9.17) is 5.11 Å². The lowest BCUT2D eigenvalue weighted by Gasteiger charge is -2.14. The number of imide groups is 1. The number of hydrogen-bond acceptors (Lipinski definition) is 5. The zero-order valence-corrected chi connectivity index (χ0v) is 12.5. The minimum Gasteiger partial charge on any atom is -0.481 e. The number of carbonyl (C=O) groups is 3. The van der Waals surface area contributed by atoms with Gasteiger partial charge in [0.25, 0.3) is 0 Å². The fraction of sp³-hybridized carbons (Fsp3) is 0.727. The zero-order valence-electron chi connectivity index (χ0n) is 11.7. The van der Waals surface area contributed by atoms with E-state index in [1.54, 1.807) is 6.92 Å². The van der Waals surface area contributed by atoms with Gasteiger partial charge in [-0.25, -0.2) is 13.2 Å². The Kier molecular flexibility index (Phi) is 7.19. The second-order valence-corrected chi connectivity index (χ2v) is 7.11. The van der Waals surface area contributed by atoms with E-state index in [0.717, 1.165) is 6.26 Å². The maximum Gasteiger partial charge on any atom is 0.321 e. The molecule has 116 valence electrons. The van der Waals surface area contributed by atoms with Crippen LogP contribution in [0.1, 0.15) is 26.7 Å². The Morgan fingerprint density at radius 1 is 1.15 bits per heavy atom. The van der Waals surface area contributed by atoms with Gasteiger partial charge in [-0.05, 0) is 12.8 Å². The molecular formula is C11H20N2O6S. The highest BCUT2D eigenvalue weighted by molar-refractivity contribution is 7.90. The third-order valence-corrected chi connectivity index (χ3v) is 3.35. The average Bonchev–Trinajstić information content (AvgIpc) is 2.09. The predicted octanol–water partition coefficient (Wildman–Crippen LogP) is -0.254. The summed E-state index contributed by atoms with van der Waals surface area (Å²) in [5, 5.41) is 12.9. The fourth-order valence-electron chi connectivity index (χ4n) is 1.62. The van der Waals surface area contributed by atoms with E-state index in [2.05, 4.69) is 5.32 Å². The van der Waals surface area contributed by atoms with Gasteiger partial charge in [-0.1, -0.05) is 6.92 Å². The molecule has 0 bridgehead atoms. The van der Waals surface area contributed by atoms with Gasteiger partial charge in [0, 0.05) is 25.1 Å². The average molecular weight is 308 g/mol. The molecule has 9 heteroatoms. The van der Waals surface area contributed by atoms with Crippen LogP contribution >= 0.6 is 0 Å². The standard InChI is InChI=1S/C11H20N2O6S/c1-7(5-10(15)16)4-9(14)13-11(17)12-8(2)6-20(3,18)19/h7-8H,4-6H2,1-3H3,(H,15,16)(H2,12,13,14,17). The molecule has 0 aromatic rings. The number of amides is 3. The fourth-order valence-corrected chi connectivity index (χ4v) is 2.61. The van der Waals surface area contributed by atoms with Crippen molar-refractivity contribution in [1.29, 1.82) is 0 Å². The van der Waals surface area contributed by atoms with Gasteiger partial charge in [0.15, 0.2) is 0 Å². The Labute approximate surface area is 117 Å². The number of nitrogens with one attached hydrogen (secondary N) is 2. The van der Waals surface area contributed by atoms with E-state index in [-0.39, 0.29) is 18.6 Å². The van der Waals surface area contributed by atoms with E-state index in [9.17, 15) is 22.8 Å². The molecule has 3 N–H and O–H groups in total. The minimum atomic E-state index is -3.22. The summed E-state index contributed by atoms with van der Waals surface area (Å²) in [4.78, 5) is 33.3. The third-order valence-electron chi connectivity index (χ3n) is 2.24. The van der Waals surface area contributed by atoms with Crippen molar-refractivity contribution in [2.24, 2.45) is 5.92 Å². The molecule has 0 spiro atoms. The number of aliphatic carboxylic acids is 1. The van der Waals surface area contributed by atoms with Crippen molar-refractivity contribution in [1.82, 2.24) is 10.6 Å². The van der Waals surface area contributed by atoms with Crippen LogP contribution in [0.3, 0.4) is 0 Å². The Morgan fingerprint density at radius 3 is 2.15 bits per heavy atom. The Morgan fingerprint density at radius 2 is 1.70 bits per heavy atom. The quantitative estimate of drug-likeness (QED) is 0.594. The summed E-state index contributed by atoms with van der Waals surface area (Å²) in [5.74, 6) is -2.25. The van der Waals surface area contributed by atoms with Crippen molar-refractivity contribution in [2.45, 2.75) is 32.7 Å². The molecule has 0 aromatic heterocycles. The van der Waals surface area contributed by atoms with Crippen LogP contribution in [-0.4, -0.2) is 49.5 Å². The van der Waals surface area contributed by atoms with Gasteiger partial charge in [-0.3, -0.25) is 14.9 Å². The molecule has 0 heterocycles. The van der Waals surface area contributed by atoms with Crippen molar-refractivity contribution in [3.8, 4) is 0 Å². The number of carbonyl (C=O) groups excluding carboxylic acids is 2. The monoisotopic (exact) mass is 308 g/mol. The van der Waals surface area contributed by atoms with Gasteiger partial charge in [-0.15, -0.1) is 0 Å². The van der Waals surface area contributed by atoms with Gasteiger partial charge >= 0.3 is 12.0 Å². The van der Waals surface area contributed by atoms with E-state index >= 15 is 0 Å². The minimum absolute atomic E-state index is 0.0970. The van der Waals surface area contributed by atoms with Crippen LogP contribution in [-0.2, 0) is 19.4 Å². The number of carboxylic acid groups (broad SMARTS) is 1. The van der Waals surface area contributed by atoms with E-state index in [0.29, 0.717) is 0 Å². The number of sulfone groups is 1. The zero-order chi connectivity index (χ0) is 15.9. The molecule has 20 heavy (non-hydrogen) atoms. The van der Waals surface area contributed by atoms with Crippen LogP contribution in [0.4, 0.5) is 4.79 Å². The van der Waals surface area contributed by atoms with Crippen LogP contribution < -0.4 is 10.6 Å². The number of rotatable bonds is 7. The summed E-state index contributed by atoms with van der Waals surface area (Å²) < 4.78 is 22.0. The van der Waals surface area contributed by atoms with Gasteiger partial charge in [0.05, 0.1) is 5.75 Å². The highest BCUT2D eigenvalue weighted by Gasteiger charge is 2.17. The first-order valence-corrected chi connectivity index (χ1v) is 8.05. The first-order chi connectivity index (χ1) is 8.99. The van der Waals surface area contributed by atoms with E-state index in [1.165, 1.54) is 6.92 Å². The van der Waals surface area contributed by atoms with Crippen LogP contribution in [0.25, 0.3) is 0 Å². The Hall–Kier alpha value is -1.64. The van der Waals surface area contributed by atoms with Crippen molar-refractivity contribution in [3.05, 3.63) is 0 Å². The highest BCUT2D eigenvalue weighted by Crippen LogP contribution is 2.06. The van der Waals surface area contributed by atoms with Gasteiger partial charge < -0.3 is 10.4 Å². The van der Waals surface area contributed by atoms with Crippen LogP contribution in [0, 0.1) is 5.92 Å². The lowest BCUT2D eigenvalue weighted by Crippen LogP contribution is -2.45. The van der Waals surface area contributed by atoms with Gasteiger partial charge in [0.2, 0.25) is 5.91 Å². The summed E-state index contributed by atoms with van der Waals surface area (Å²) in [7, 11) is -3.22. The molecule has 0 aliphatic rings. The molecule has 0 aromatic carbocycles. The first-order valence-electron chi connectivity index (χ1n) is 5.99. The molecule has 2 unspecified atom stereocenters. The number of hydrogen-bond donors (Lipinski definition) is 3. The van der Waals surface area contributed by atoms with Crippen LogP contribution in [0.2, 0.25) is 0 Å². The Bertz CT molecular complexity index is 473. The molecule has 0 radical (unpaired) electrons. The summed E-state index contributed by atoms with van der Waals surface area (Å²) >= 11 is 0. The molecule has 8 nitrogen and oxygen atoms in total. The lowest BCUT2D eigenvalue weighted by atomic mass is 10.0. The smallest absolute Gasteiger partial charge is 0.321 e. The first kappa shape index (κ1) is 18.4. The molecule has 0 saturated heterocycles. The maximum atomic E-state index is 11.4. The SMILES string of the molecule is CC(CC(=O)O)CC(=O)NC(=O)NC(C)CS(C)(=O)=O. The van der Waals surface area contributed by atoms with Gasteiger partial charge in [0.1, 0.15) is 9.84 Å². The van der Waals surface area contributed by atoms with Crippen LogP contribution in [0.5, 0.6) is 0 Å². The molecule has 0 rings (SSSR count). The van der Waals surface area contributed by atoms with Crippen LogP contribution in [0.15, 0.2) is 0 Å². The largest absolute Gasteiger partial charge is 0.481 e. The topological polar surface area (TPSA) is 130 Å². The third kappa shape index (κ3) is 10.3. The van der Waals surface area contributed by atoms with Crippen molar-refractivity contribution in [3.63, 3.8) is 0 Å². The molecule has 0 aliphatic carbocycles. The molecule has 2 atom stereocenters. The molecule has 3 amide bonds. The number of urea groups is 1. The maximum absolute atomic E-state index is 11.4. The molecular weight excluding hydrogens is 288 g/mol.